The molecule has 10 heteroatoms. The highest BCUT2D eigenvalue weighted by atomic mass is 35.5. The summed E-state index contributed by atoms with van der Waals surface area (Å²) in [4.78, 5) is 38.0. The van der Waals surface area contributed by atoms with E-state index in [9.17, 15) is 23.9 Å². The molecule has 4 rings (SSSR count). The number of halogens is 2. The molecule has 8 nitrogen and oxygen atoms in total. The molecule has 1 fully saturated rings. The summed E-state index contributed by atoms with van der Waals surface area (Å²) in [5.41, 5.74) is 0.361. The maximum Gasteiger partial charge on any atom is 0.336 e. The molecule has 2 heterocycles. The van der Waals surface area contributed by atoms with Crippen molar-refractivity contribution in [3.63, 3.8) is 0 Å². The van der Waals surface area contributed by atoms with E-state index in [1.54, 1.807) is 13.0 Å². The lowest BCUT2D eigenvalue weighted by Crippen LogP contribution is -2.47. The van der Waals surface area contributed by atoms with Gasteiger partial charge in [-0.15, -0.1) is 0 Å². The van der Waals surface area contributed by atoms with Crippen LogP contribution in [-0.2, 0) is 9.59 Å². The molecule has 0 bridgehead atoms. The second-order valence-corrected chi connectivity index (χ2v) is 8.73. The number of piperidine rings is 1. The number of benzene rings is 2. The Morgan fingerprint density at radius 2 is 1.97 bits per heavy atom. The average molecular weight is 504 g/mol. The van der Waals surface area contributed by atoms with Gasteiger partial charge in [-0.25, -0.2) is 9.18 Å². The summed E-state index contributed by atoms with van der Waals surface area (Å²) in [6.07, 6.45) is 0.163. The second kappa shape index (κ2) is 9.95. The van der Waals surface area contributed by atoms with Gasteiger partial charge in [-0.3, -0.25) is 9.59 Å². The summed E-state index contributed by atoms with van der Waals surface area (Å²) >= 11 is 6.22. The summed E-state index contributed by atoms with van der Waals surface area (Å²) in [6.45, 7) is 2.12. The molecular weight excluding hydrogens is 481 g/mol. The molecule has 0 aliphatic carbocycles. The van der Waals surface area contributed by atoms with Gasteiger partial charge in [-0.1, -0.05) is 11.6 Å². The van der Waals surface area contributed by atoms with E-state index in [0.29, 0.717) is 35.9 Å². The SMILES string of the molecule is COc1cc2c(-c3ccc(F)cc3Cl)cc(=O)oc2cc1O[C@H](C)C(=O)N1CCC[C@H](C(=O)O)C1. The summed E-state index contributed by atoms with van der Waals surface area (Å²) < 4.78 is 30.2. The van der Waals surface area contributed by atoms with Crippen LogP contribution in [0.3, 0.4) is 0 Å². The van der Waals surface area contributed by atoms with Crippen LogP contribution in [0.1, 0.15) is 19.8 Å². The Morgan fingerprint density at radius 1 is 1.20 bits per heavy atom. The minimum Gasteiger partial charge on any atom is -0.493 e. The summed E-state index contributed by atoms with van der Waals surface area (Å²) in [7, 11) is 1.42. The van der Waals surface area contributed by atoms with Gasteiger partial charge in [-0.2, -0.15) is 0 Å². The Balaban J connectivity index is 1.68. The van der Waals surface area contributed by atoms with Crippen molar-refractivity contribution in [3.05, 3.63) is 57.7 Å². The minimum atomic E-state index is -0.949. The quantitative estimate of drug-likeness (QED) is 0.498. The van der Waals surface area contributed by atoms with E-state index in [1.807, 2.05) is 0 Å². The fourth-order valence-electron chi connectivity index (χ4n) is 4.23. The smallest absolute Gasteiger partial charge is 0.336 e. The Bertz CT molecular complexity index is 1360. The third-order valence-electron chi connectivity index (χ3n) is 5.98. The first-order valence-electron chi connectivity index (χ1n) is 11.0. The van der Waals surface area contributed by atoms with Crippen molar-refractivity contribution in [1.29, 1.82) is 0 Å². The molecule has 1 aromatic heterocycles. The van der Waals surface area contributed by atoms with Crippen molar-refractivity contribution in [3.8, 4) is 22.6 Å². The van der Waals surface area contributed by atoms with Gasteiger partial charge in [0.25, 0.3) is 5.91 Å². The van der Waals surface area contributed by atoms with Crippen LogP contribution in [-0.4, -0.2) is 48.2 Å². The highest BCUT2D eigenvalue weighted by Crippen LogP contribution is 2.39. The van der Waals surface area contributed by atoms with Crippen LogP contribution >= 0.6 is 11.6 Å². The molecule has 2 aromatic carbocycles. The predicted molar refractivity (Wildman–Crippen MR) is 126 cm³/mol. The number of carboxylic acids is 1. The van der Waals surface area contributed by atoms with Crippen LogP contribution in [0.2, 0.25) is 5.02 Å². The van der Waals surface area contributed by atoms with Crippen molar-refractivity contribution in [1.82, 2.24) is 4.90 Å². The number of nitrogens with zero attached hydrogens (tertiary/aromatic N) is 1. The average Bonchev–Trinajstić information content (AvgIpc) is 2.82. The molecule has 0 radical (unpaired) electrons. The van der Waals surface area contributed by atoms with E-state index in [4.69, 9.17) is 25.5 Å². The highest BCUT2D eigenvalue weighted by molar-refractivity contribution is 6.33. The van der Waals surface area contributed by atoms with Crippen molar-refractivity contribution >= 4 is 34.4 Å². The third-order valence-corrected chi connectivity index (χ3v) is 6.30. The van der Waals surface area contributed by atoms with E-state index in [2.05, 4.69) is 0 Å². The summed E-state index contributed by atoms with van der Waals surface area (Å²) in [5.74, 6) is -1.97. The van der Waals surface area contributed by atoms with Crippen LogP contribution in [0.4, 0.5) is 4.39 Å². The van der Waals surface area contributed by atoms with Gasteiger partial charge in [0.2, 0.25) is 0 Å². The standard InChI is InChI=1S/C25H23ClFNO7/c1-13(24(30)28-7-3-4-14(12-28)25(31)32)34-22-11-20-18(9-21(22)33-2)17(10-23(29)35-20)16-6-5-15(27)8-19(16)26/h5-6,8-11,13-14H,3-4,7,12H2,1-2H3,(H,31,32)/t13-,14+/m1/s1. The maximum atomic E-state index is 13.5. The molecule has 1 saturated heterocycles. The number of hydrogen-bond donors (Lipinski definition) is 1. The molecule has 2 atom stereocenters. The number of aliphatic carboxylic acids is 1. The predicted octanol–water partition coefficient (Wildman–Crippen LogP) is 4.35. The Hall–Kier alpha value is -3.59. The zero-order chi connectivity index (χ0) is 25.3. The number of methoxy groups -OCH3 is 1. The number of rotatable bonds is 6. The molecule has 1 aliphatic rings. The van der Waals surface area contributed by atoms with Gasteiger partial charge in [0, 0.05) is 41.7 Å². The zero-order valence-electron chi connectivity index (χ0n) is 19.0. The molecule has 184 valence electrons. The molecule has 3 aromatic rings. The first kappa shape index (κ1) is 24.5. The van der Waals surface area contributed by atoms with E-state index in [0.717, 1.165) is 6.07 Å². The zero-order valence-corrected chi connectivity index (χ0v) is 19.8. The van der Waals surface area contributed by atoms with Gasteiger partial charge in [-0.05, 0) is 44.0 Å². The molecule has 35 heavy (non-hydrogen) atoms. The molecule has 1 amide bonds. The molecule has 1 N–H and O–H groups in total. The monoisotopic (exact) mass is 503 g/mol. The molecule has 0 spiro atoms. The largest absolute Gasteiger partial charge is 0.493 e. The summed E-state index contributed by atoms with van der Waals surface area (Å²) in [5, 5.41) is 9.89. The van der Waals surface area contributed by atoms with Crippen LogP contribution in [0.25, 0.3) is 22.1 Å². The first-order chi connectivity index (χ1) is 16.7. The Kier molecular flexibility index (Phi) is 6.98. The lowest BCUT2D eigenvalue weighted by atomic mass is 9.98. The van der Waals surface area contributed by atoms with Crippen molar-refractivity contribution in [2.24, 2.45) is 5.92 Å². The number of fused-ring (bicyclic) bond motifs is 1. The third kappa shape index (κ3) is 5.09. The van der Waals surface area contributed by atoms with Gasteiger partial charge < -0.3 is 23.9 Å². The maximum absolute atomic E-state index is 13.5. The number of ether oxygens (including phenoxy) is 2. The normalized spacial score (nSPS) is 16.7. The van der Waals surface area contributed by atoms with E-state index < -0.39 is 29.4 Å². The van der Waals surface area contributed by atoms with Crippen molar-refractivity contribution < 1.29 is 33.0 Å². The number of carbonyl (C=O) groups excluding carboxylic acids is 1. The summed E-state index contributed by atoms with van der Waals surface area (Å²) in [6, 6.07) is 8.13. The van der Waals surface area contributed by atoms with E-state index >= 15 is 0 Å². The van der Waals surface area contributed by atoms with Gasteiger partial charge in [0.1, 0.15) is 11.4 Å². The van der Waals surface area contributed by atoms with Gasteiger partial charge in [0.15, 0.2) is 17.6 Å². The van der Waals surface area contributed by atoms with Crippen molar-refractivity contribution in [2.45, 2.75) is 25.9 Å². The number of likely N-dealkylation sites (tertiary alicyclic amines) is 1. The van der Waals surface area contributed by atoms with Crippen LogP contribution < -0.4 is 15.1 Å². The Labute approximate surface area is 204 Å². The number of hydrogen-bond acceptors (Lipinski definition) is 6. The number of carbonyl (C=O) groups is 2. The number of carboxylic acid groups (broad SMARTS) is 1. The fraction of sp³-hybridized carbons (Fsp3) is 0.320. The fourth-order valence-corrected chi connectivity index (χ4v) is 4.50. The van der Waals surface area contributed by atoms with Crippen LogP contribution in [0.5, 0.6) is 11.5 Å². The van der Waals surface area contributed by atoms with E-state index in [1.165, 1.54) is 36.3 Å². The van der Waals surface area contributed by atoms with Crippen molar-refractivity contribution in [2.75, 3.05) is 20.2 Å². The lowest BCUT2D eigenvalue weighted by molar-refractivity contribution is -0.147. The molecular formula is C25H23ClFNO7. The minimum absolute atomic E-state index is 0.118. The lowest BCUT2D eigenvalue weighted by Gasteiger charge is -2.32. The van der Waals surface area contributed by atoms with Gasteiger partial charge >= 0.3 is 11.6 Å². The van der Waals surface area contributed by atoms with Crippen LogP contribution in [0, 0.1) is 11.7 Å². The highest BCUT2D eigenvalue weighted by Gasteiger charge is 2.31. The topological polar surface area (TPSA) is 106 Å². The van der Waals surface area contributed by atoms with Crippen LogP contribution in [0.15, 0.2) is 45.6 Å². The van der Waals surface area contributed by atoms with Gasteiger partial charge in [0.05, 0.1) is 18.1 Å². The Morgan fingerprint density at radius 3 is 2.66 bits per heavy atom. The molecule has 1 aliphatic heterocycles. The second-order valence-electron chi connectivity index (χ2n) is 8.32. The molecule has 0 unspecified atom stereocenters. The van der Waals surface area contributed by atoms with E-state index in [-0.39, 0.29) is 34.6 Å². The first-order valence-corrected chi connectivity index (χ1v) is 11.3. The molecule has 0 saturated carbocycles. The number of amides is 1.